The van der Waals surface area contributed by atoms with Gasteiger partial charge in [0.15, 0.2) is 5.82 Å². The molecule has 0 bridgehead atoms. The molecule has 0 saturated carbocycles. The highest BCUT2D eigenvalue weighted by Crippen LogP contribution is 2.33. The van der Waals surface area contributed by atoms with E-state index in [1.54, 1.807) is 30.6 Å². The van der Waals surface area contributed by atoms with Gasteiger partial charge in [0.2, 0.25) is 11.8 Å². The number of benzene rings is 3. The molecule has 3 aliphatic rings. The Morgan fingerprint density at radius 3 is 2.36 bits per heavy atom. The first-order chi connectivity index (χ1) is 22.9. The standard InChI is InChI=1S/C37H34FN7O2/c1-2-37(36(47)42-30-11-6-28-23-41-34(32(28)22-30)26-4-9-29(38)10-5-26)14-17-43(25-37)24-33(46)45-20-18-44(19-21-45)31-12-7-27(8-13-31)35-39-15-3-16-40-35/h1,3-13,15-16,22H,14,17-21,23-25H2,(H,42,47). The summed E-state index contributed by atoms with van der Waals surface area (Å²) in [5.41, 5.74) is 5.17. The van der Waals surface area contributed by atoms with Crippen LogP contribution in [0.3, 0.4) is 0 Å². The fourth-order valence-corrected chi connectivity index (χ4v) is 6.53. The zero-order chi connectivity index (χ0) is 32.4. The highest BCUT2D eigenvalue weighted by molar-refractivity contribution is 6.15. The Balaban J connectivity index is 0.930. The van der Waals surface area contributed by atoms with Crippen molar-refractivity contribution in [3.05, 3.63) is 108 Å². The van der Waals surface area contributed by atoms with E-state index >= 15 is 0 Å². The largest absolute Gasteiger partial charge is 0.368 e. The number of carbonyl (C=O) groups is 2. The SMILES string of the molecule is C#CC1(C(=O)Nc2ccc3c(c2)C(c2ccc(F)cc2)=NC3)CCN(CC(=O)N2CCN(c3ccc(-c4ncccn4)cc3)CC2)C1. The smallest absolute Gasteiger partial charge is 0.244 e. The van der Waals surface area contributed by atoms with Gasteiger partial charge < -0.3 is 15.1 Å². The lowest BCUT2D eigenvalue weighted by Crippen LogP contribution is -2.51. The summed E-state index contributed by atoms with van der Waals surface area (Å²) in [6.07, 6.45) is 9.91. The number of hydrogen-bond acceptors (Lipinski definition) is 7. The Labute approximate surface area is 273 Å². The lowest BCUT2D eigenvalue weighted by Gasteiger charge is -2.37. The van der Waals surface area contributed by atoms with E-state index in [0.29, 0.717) is 50.7 Å². The molecule has 3 aliphatic heterocycles. The van der Waals surface area contributed by atoms with E-state index in [4.69, 9.17) is 6.42 Å². The summed E-state index contributed by atoms with van der Waals surface area (Å²) in [6, 6.07) is 21.9. The number of piperazine rings is 1. The summed E-state index contributed by atoms with van der Waals surface area (Å²) in [5.74, 6) is 2.93. The molecule has 236 valence electrons. The van der Waals surface area contributed by atoms with Crippen molar-refractivity contribution in [1.82, 2.24) is 19.8 Å². The van der Waals surface area contributed by atoms with Gasteiger partial charge in [-0.2, -0.15) is 0 Å². The topological polar surface area (TPSA) is 94.0 Å². The van der Waals surface area contributed by atoms with Crippen molar-refractivity contribution < 1.29 is 14.0 Å². The van der Waals surface area contributed by atoms with Crippen molar-refractivity contribution in [3.8, 4) is 23.7 Å². The highest BCUT2D eigenvalue weighted by Gasteiger charge is 2.44. The normalized spacial score (nSPS) is 19.2. The van der Waals surface area contributed by atoms with Gasteiger partial charge in [-0.05, 0) is 78.7 Å². The minimum Gasteiger partial charge on any atom is -0.368 e. The molecular weight excluding hydrogens is 593 g/mol. The molecule has 2 amide bonds. The molecule has 1 unspecified atom stereocenters. The van der Waals surface area contributed by atoms with Crippen molar-refractivity contribution in [2.75, 3.05) is 56.0 Å². The first kappa shape index (κ1) is 30.3. The molecule has 9 nitrogen and oxygen atoms in total. The number of nitrogens with zero attached hydrogens (tertiary/aromatic N) is 6. The molecule has 1 N–H and O–H groups in total. The summed E-state index contributed by atoms with van der Waals surface area (Å²) >= 11 is 0. The van der Waals surface area contributed by atoms with Crippen LogP contribution in [0.5, 0.6) is 0 Å². The average Bonchev–Trinajstić information content (AvgIpc) is 3.74. The van der Waals surface area contributed by atoms with Crippen LogP contribution < -0.4 is 10.2 Å². The number of likely N-dealkylation sites (tertiary alicyclic amines) is 1. The predicted octanol–water partition coefficient (Wildman–Crippen LogP) is 4.25. The molecule has 0 spiro atoms. The maximum Gasteiger partial charge on any atom is 0.244 e. The highest BCUT2D eigenvalue weighted by atomic mass is 19.1. The number of aromatic nitrogens is 2. The van der Waals surface area contributed by atoms with E-state index in [-0.39, 0.29) is 24.2 Å². The van der Waals surface area contributed by atoms with Crippen molar-refractivity contribution >= 4 is 28.9 Å². The molecule has 0 aliphatic carbocycles. The van der Waals surface area contributed by atoms with Crippen molar-refractivity contribution in [2.45, 2.75) is 13.0 Å². The second kappa shape index (κ2) is 12.8. The second-order valence-electron chi connectivity index (χ2n) is 12.2. The zero-order valence-corrected chi connectivity index (χ0v) is 25.9. The van der Waals surface area contributed by atoms with Crippen LogP contribution >= 0.6 is 0 Å². The van der Waals surface area contributed by atoms with E-state index in [9.17, 15) is 14.0 Å². The number of terminal acetylenes is 1. The third kappa shape index (κ3) is 6.22. The third-order valence-corrected chi connectivity index (χ3v) is 9.25. The molecule has 1 atom stereocenters. The van der Waals surface area contributed by atoms with Crippen molar-refractivity contribution in [1.29, 1.82) is 0 Å². The van der Waals surface area contributed by atoms with Crippen molar-refractivity contribution in [3.63, 3.8) is 0 Å². The van der Waals surface area contributed by atoms with Crippen LogP contribution in [0.4, 0.5) is 15.8 Å². The Morgan fingerprint density at radius 1 is 0.915 bits per heavy atom. The lowest BCUT2D eigenvalue weighted by atomic mass is 9.87. The molecule has 2 saturated heterocycles. The summed E-state index contributed by atoms with van der Waals surface area (Å²) < 4.78 is 13.5. The number of aliphatic imine (C=N–C) groups is 1. The maximum atomic E-state index is 13.6. The minimum absolute atomic E-state index is 0.0423. The average molecular weight is 628 g/mol. The van der Waals surface area contributed by atoms with Gasteiger partial charge in [-0.3, -0.25) is 19.5 Å². The molecule has 10 heteroatoms. The van der Waals surface area contributed by atoms with E-state index in [2.05, 4.69) is 43.2 Å². The van der Waals surface area contributed by atoms with Gasteiger partial charge in [0.05, 0.1) is 18.8 Å². The first-order valence-electron chi connectivity index (χ1n) is 15.8. The third-order valence-electron chi connectivity index (χ3n) is 9.25. The molecule has 4 aromatic rings. The quantitative estimate of drug-likeness (QED) is 0.308. The van der Waals surface area contributed by atoms with Crippen LogP contribution in [-0.2, 0) is 16.1 Å². The molecule has 4 heterocycles. The van der Waals surface area contributed by atoms with Gasteiger partial charge in [0, 0.05) is 79.7 Å². The van der Waals surface area contributed by atoms with E-state index in [0.717, 1.165) is 46.7 Å². The number of halogens is 1. The van der Waals surface area contributed by atoms with Crippen LogP contribution in [0.1, 0.15) is 23.1 Å². The number of rotatable bonds is 7. The fraction of sp³-hybridized carbons (Fsp3) is 0.270. The Kier molecular flexibility index (Phi) is 8.23. The van der Waals surface area contributed by atoms with Crippen molar-refractivity contribution in [2.24, 2.45) is 10.4 Å². The second-order valence-corrected chi connectivity index (χ2v) is 12.2. The Morgan fingerprint density at radius 2 is 1.64 bits per heavy atom. The summed E-state index contributed by atoms with van der Waals surface area (Å²) in [4.78, 5) is 46.3. The van der Waals surface area contributed by atoms with Crippen LogP contribution in [0.2, 0.25) is 0 Å². The van der Waals surface area contributed by atoms with E-state index in [1.165, 1.54) is 12.1 Å². The first-order valence-corrected chi connectivity index (χ1v) is 15.8. The molecule has 7 rings (SSSR count). The fourth-order valence-electron chi connectivity index (χ4n) is 6.53. The Hall–Kier alpha value is -5.40. The Bertz CT molecular complexity index is 1860. The molecule has 0 radical (unpaired) electrons. The van der Waals surface area contributed by atoms with Gasteiger partial charge in [-0.1, -0.05) is 12.0 Å². The van der Waals surface area contributed by atoms with Gasteiger partial charge in [0.1, 0.15) is 11.2 Å². The maximum absolute atomic E-state index is 13.6. The molecular formula is C37H34FN7O2. The van der Waals surface area contributed by atoms with E-state index < -0.39 is 5.41 Å². The summed E-state index contributed by atoms with van der Waals surface area (Å²) in [5, 5.41) is 3.03. The number of carbonyl (C=O) groups excluding carboxylic acids is 2. The predicted molar refractivity (Wildman–Crippen MR) is 179 cm³/mol. The summed E-state index contributed by atoms with van der Waals surface area (Å²) in [7, 11) is 0. The van der Waals surface area contributed by atoms with Gasteiger partial charge in [0.25, 0.3) is 0 Å². The van der Waals surface area contributed by atoms with Gasteiger partial charge in [-0.25, -0.2) is 14.4 Å². The summed E-state index contributed by atoms with van der Waals surface area (Å²) in [6.45, 7) is 4.34. The lowest BCUT2D eigenvalue weighted by molar-refractivity contribution is -0.133. The molecule has 47 heavy (non-hydrogen) atoms. The number of fused-ring (bicyclic) bond motifs is 1. The zero-order valence-electron chi connectivity index (χ0n) is 25.9. The number of amides is 2. The molecule has 1 aromatic heterocycles. The monoisotopic (exact) mass is 627 g/mol. The number of hydrogen-bond donors (Lipinski definition) is 1. The van der Waals surface area contributed by atoms with Crippen LogP contribution in [-0.4, -0.2) is 83.1 Å². The van der Waals surface area contributed by atoms with Gasteiger partial charge in [-0.15, -0.1) is 6.42 Å². The number of anilines is 2. The van der Waals surface area contributed by atoms with Gasteiger partial charge >= 0.3 is 0 Å². The van der Waals surface area contributed by atoms with Crippen LogP contribution in [0.25, 0.3) is 11.4 Å². The number of nitrogens with one attached hydrogen (secondary N) is 1. The van der Waals surface area contributed by atoms with E-state index in [1.807, 2.05) is 40.1 Å². The minimum atomic E-state index is -1.04. The molecule has 2 fully saturated rings. The van der Waals surface area contributed by atoms with Crippen LogP contribution in [0.15, 0.2) is 90.2 Å². The molecule has 3 aromatic carbocycles. The van der Waals surface area contributed by atoms with Crippen LogP contribution in [0, 0.1) is 23.6 Å².